The maximum Gasteiger partial charge on any atom is 0.338 e. The zero-order valence-electron chi connectivity index (χ0n) is 17.3. The van der Waals surface area contributed by atoms with Crippen LogP contribution in [0, 0.1) is 6.92 Å². The molecular weight excluding hydrogens is 372 g/mol. The molecule has 0 atom stereocenters. The van der Waals surface area contributed by atoms with E-state index in [2.05, 4.69) is 23.8 Å². The molecule has 0 spiro atoms. The van der Waals surface area contributed by atoms with Crippen LogP contribution in [0.2, 0.25) is 0 Å². The smallest absolute Gasteiger partial charge is 0.338 e. The molecule has 0 saturated carbocycles. The highest BCUT2D eigenvalue weighted by Crippen LogP contribution is 2.09. The second-order valence-corrected chi connectivity index (χ2v) is 5.86. The molecule has 1 aromatic rings. The number of carbonyl (C=O) groups is 3. The van der Waals surface area contributed by atoms with Gasteiger partial charge in [-0.1, -0.05) is 37.4 Å². The number of allylic oxidation sites excluding steroid dienone is 2. The van der Waals surface area contributed by atoms with Crippen LogP contribution in [0.5, 0.6) is 0 Å². The van der Waals surface area contributed by atoms with Crippen LogP contribution in [0.4, 0.5) is 0 Å². The summed E-state index contributed by atoms with van der Waals surface area (Å²) in [5.74, 6) is -0.714. The third-order valence-electron chi connectivity index (χ3n) is 3.48. The van der Waals surface area contributed by atoms with E-state index in [1.165, 1.54) is 12.2 Å². The van der Waals surface area contributed by atoms with Crippen LogP contribution < -0.4 is 10.6 Å². The summed E-state index contributed by atoms with van der Waals surface area (Å²) in [7, 11) is 1.82. The quantitative estimate of drug-likeness (QED) is 0.194. The van der Waals surface area contributed by atoms with E-state index in [-0.39, 0.29) is 12.6 Å². The average Bonchev–Trinajstić information content (AvgIpc) is 2.70. The van der Waals surface area contributed by atoms with Crippen LogP contribution >= 0.6 is 0 Å². The predicted molar refractivity (Wildman–Crippen MR) is 114 cm³/mol. The molecule has 1 aromatic carbocycles. The maximum atomic E-state index is 11.5. The van der Waals surface area contributed by atoms with E-state index in [9.17, 15) is 14.4 Å². The summed E-state index contributed by atoms with van der Waals surface area (Å²) in [6.07, 6.45) is 3.58. The average molecular weight is 402 g/mol. The number of rotatable bonds is 11. The van der Waals surface area contributed by atoms with Crippen molar-refractivity contribution in [2.24, 2.45) is 0 Å². The van der Waals surface area contributed by atoms with Crippen LogP contribution in [0.3, 0.4) is 0 Å². The molecule has 0 aliphatic heterocycles. The minimum Gasteiger partial charge on any atom is -0.461 e. The number of benzene rings is 1. The Bertz CT molecular complexity index is 726. The van der Waals surface area contributed by atoms with Gasteiger partial charge in [0.25, 0.3) is 0 Å². The molecule has 158 valence electrons. The fourth-order valence-corrected chi connectivity index (χ4v) is 1.97. The van der Waals surface area contributed by atoms with Gasteiger partial charge < -0.3 is 20.1 Å². The lowest BCUT2D eigenvalue weighted by molar-refractivity contribution is -0.138. The van der Waals surface area contributed by atoms with Crippen molar-refractivity contribution in [3.63, 3.8) is 0 Å². The Morgan fingerprint density at radius 3 is 2.34 bits per heavy atom. The van der Waals surface area contributed by atoms with Gasteiger partial charge >= 0.3 is 11.9 Å². The van der Waals surface area contributed by atoms with E-state index in [0.29, 0.717) is 42.8 Å². The van der Waals surface area contributed by atoms with Gasteiger partial charge in [-0.3, -0.25) is 4.79 Å². The Balaban J connectivity index is 0.000000541. The molecule has 1 amide bonds. The molecule has 0 heterocycles. The summed E-state index contributed by atoms with van der Waals surface area (Å²) in [5.41, 5.74) is 2.59. The van der Waals surface area contributed by atoms with Gasteiger partial charge in [0.15, 0.2) is 0 Å². The van der Waals surface area contributed by atoms with Gasteiger partial charge in [-0.2, -0.15) is 0 Å². The lowest BCUT2D eigenvalue weighted by Gasteiger charge is -2.06. The third kappa shape index (κ3) is 11.3. The van der Waals surface area contributed by atoms with Gasteiger partial charge in [0, 0.05) is 6.54 Å². The first-order chi connectivity index (χ1) is 13.9. The number of amides is 1. The Morgan fingerprint density at radius 1 is 1.14 bits per heavy atom. The van der Waals surface area contributed by atoms with Crippen molar-refractivity contribution >= 4 is 18.3 Å². The minimum absolute atomic E-state index is 0.138. The van der Waals surface area contributed by atoms with E-state index < -0.39 is 5.97 Å². The Morgan fingerprint density at radius 2 is 1.79 bits per heavy atom. The number of carbonyl (C=O) groups excluding carboxylic acids is 3. The van der Waals surface area contributed by atoms with Gasteiger partial charge in [0.2, 0.25) is 6.41 Å². The van der Waals surface area contributed by atoms with Crippen molar-refractivity contribution < 1.29 is 23.9 Å². The van der Waals surface area contributed by atoms with E-state index in [1.807, 2.05) is 32.2 Å². The highest BCUT2D eigenvalue weighted by atomic mass is 16.5. The number of hydrogen-bond donors (Lipinski definition) is 2. The Hall–Kier alpha value is -3.19. The molecule has 0 radical (unpaired) electrons. The normalized spacial score (nSPS) is 10.1. The van der Waals surface area contributed by atoms with E-state index >= 15 is 0 Å². The first-order valence-corrected chi connectivity index (χ1v) is 9.09. The molecule has 1 rings (SSSR count). The molecule has 29 heavy (non-hydrogen) atoms. The molecule has 0 aliphatic rings. The SMILES string of the molecule is C=C/C=C(\C(=C)C)C(=O)OCCNC=O.CNCCOC(=O)c1ccccc1C. The summed E-state index contributed by atoms with van der Waals surface area (Å²) in [6, 6.07) is 7.41. The fraction of sp³-hybridized carbons (Fsp3) is 0.318. The molecule has 0 unspecified atom stereocenters. The third-order valence-corrected chi connectivity index (χ3v) is 3.48. The zero-order chi connectivity index (χ0) is 22.1. The van der Waals surface area contributed by atoms with E-state index in [0.717, 1.165) is 5.56 Å². The number of hydrogen-bond acceptors (Lipinski definition) is 6. The number of aryl methyl sites for hydroxylation is 1. The first kappa shape index (κ1) is 25.8. The van der Waals surface area contributed by atoms with E-state index in [4.69, 9.17) is 9.47 Å². The van der Waals surface area contributed by atoms with Crippen molar-refractivity contribution in [1.29, 1.82) is 0 Å². The van der Waals surface area contributed by atoms with Crippen LogP contribution in [-0.4, -0.2) is 51.7 Å². The monoisotopic (exact) mass is 402 g/mol. The highest BCUT2D eigenvalue weighted by molar-refractivity contribution is 5.93. The Labute approximate surface area is 172 Å². The minimum atomic E-state index is -0.463. The number of ether oxygens (including phenoxy) is 2. The largest absolute Gasteiger partial charge is 0.461 e. The Kier molecular flexibility index (Phi) is 14.1. The van der Waals surface area contributed by atoms with E-state index in [1.54, 1.807) is 13.0 Å². The van der Waals surface area contributed by atoms with Crippen molar-refractivity contribution in [2.75, 3.05) is 33.4 Å². The fourth-order valence-electron chi connectivity index (χ4n) is 1.97. The lowest BCUT2D eigenvalue weighted by atomic mass is 10.1. The van der Waals surface area contributed by atoms with Gasteiger partial charge in [-0.05, 0) is 44.2 Å². The highest BCUT2D eigenvalue weighted by Gasteiger charge is 2.10. The number of likely N-dealkylation sites (N-methyl/N-ethyl adjacent to an activating group) is 1. The molecule has 7 nitrogen and oxygen atoms in total. The van der Waals surface area contributed by atoms with Crippen LogP contribution in [-0.2, 0) is 19.1 Å². The summed E-state index contributed by atoms with van der Waals surface area (Å²) in [6.45, 7) is 12.3. The molecular formula is C22H30N2O5. The van der Waals surface area contributed by atoms with Crippen LogP contribution in [0.1, 0.15) is 22.8 Å². The summed E-state index contributed by atoms with van der Waals surface area (Å²) in [5, 5.41) is 5.30. The number of esters is 2. The molecule has 7 heteroatoms. The molecule has 0 bridgehead atoms. The number of nitrogens with one attached hydrogen (secondary N) is 2. The van der Waals surface area contributed by atoms with Gasteiger partial charge in [-0.15, -0.1) is 0 Å². The first-order valence-electron chi connectivity index (χ1n) is 9.09. The second-order valence-electron chi connectivity index (χ2n) is 5.86. The maximum absolute atomic E-state index is 11.5. The van der Waals surface area contributed by atoms with Crippen LogP contribution in [0.15, 0.2) is 60.7 Å². The van der Waals surface area contributed by atoms with Crippen molar-refractivity contribution in [2.45, 2.75) is 13.8 Å². The van der Waals surface area contributed by atoms with Gasteiger partial charge in [-0.25, -0.2) is 9.59 Å². The molecule has 2 N–H and O–H groups in total. The predicted octanol–water partition coefficient (Wildman–Crippen LogP) is 2.34. The van der Waals surface area contributed by atoms with Gasteiger partial charge in [0.05, 0.1) is 17.7 Å². The molecule has 0 fully saturated rings. The van der Waals surface area contributed by atoms with Crippen molar-refractivity contribution in [1.82, 2.24) is 10.6 Å². The van der Waals surface area contributed by atoms with Crippen LogP contribution in [0.25, 0.3) is 0 Å². The lowest BCUT2D eigenvalue weighted by Crippen LogP contribution is -2.20. The molecule has 0 aromatic heterocycles. The standard InChI is InChI=1S/C11H15NO3.C11H15NO2/c1-4-5-10(9(2)3)11(14)15-7-6-12-8-13;1-9-5-3-4-6-10(9)11(13)14-8-7-12-2/h4-5,8H,1-2,6-7H2,3H3,(H,12,13);3-6,12H,7-8H2,1-2H3/b10-5+;. The zero-order valence-corrected chi connectivity index (χ0v) is 17.3. The molecule has 0 saturated heterocycles. The molecule has 0 aliphatic carbocycles. The topological polar surface area (TPSA) is 93.7 Å². The summed E-state index contributed by atoms with van der Waals surface area (Å²) < 4.78 is 9.93. The van der Waals surface area contributed by atoms with Gasteiger partial charge in [0.1, 0.15) is 13.2 Å². The van der Waals surface area contributed by atoms with Crippen molar-refractivity contribution in [3.05, 3.63) is 71.8 Å². The van der Waals surface area contributed by atoms with Crippen molar-refractivity contribution in [3.8, 4) is 0 Å². The summed E-state index contributed by atoms with van der Waals surface area (Å²) in [4.78, 5) is 32.8. The second kappa shape index (κ2) is 15.8. The summed E-state index contributed by atoms with van der Waals surface area (Å²) >= 11 is 0.